The second-order valence-electron chi connectivity index (χ2n) is 2.74. The summed E-state index contributed by atoms with van der Waals surface area (Å²) in [6.07, 6.45) is 1.01. The molecule has 0 fully saturated rings. The topological polar surface area (TPSA) is 38.8 Å². The minimum atomic E-state index is 0.353. The van der Waals surface area contributed by atoms with Crippen LogP contribution in [0.5, 0.6) is 0 Å². The fraction of sp³-hybridized carbons (Fsp3) is 0.875. The third-order valence-corrected chi connectivity index (χ3v) is 1.31. The van der Waals surface area contributed by atoms with E-state index in [0.29, 0.717) is 19.7 Å². The highest BCUT2D eigenvalue weighted by Crippen LogP contribution is 1.85. The molecule has 0 aliphatic carbocycles. The van der Waals surface area contributed by atoms with Gasteiger partial charge in [-0.3, -0.25) is 4.79 Å². The monoisotopic (exact) mass is 175 g/mol. The van der Waals surface area contributed by atoms with Gasteiger partial charge >= 0.3 is 0 Å². The van der Waals surface area contributed by atoms with Gasteiger partial charge in [-0.25, -0.2) is 0 Å². The lowest BCUT2D eigenvalue weighted by molar-refractivity contribution is -0.130. The molecule has 0 aromatic carbocycles. The summed E-state index contributed by atoms with van der Waals surface area (Å²) < 4.78 is 9.62. The fourth-order valence-electron chi connectivity index (χ4n) is 0.740. The minimum Gasteiger partial charge on any atom is -0.465 e. The molecule has 0 spiro atoms. The first-order valence-electron chi connectivity index (χ1n) is 4.05. The van der Waals surface area contributed by atoms with Crippen LogP contribution in [0.3, 0.4) is 0 Å². The number of carbonyl (C=O) groups excluding carboxylic acids is 1. The average Bonchev–Trinajstić information content (AvgIpc) is 2.02. The van der Waals surface area contributed by atoms with Gasteiger partial charge in [0.2, 0.25) is 0 Å². The number of hydrogen-bond donors (Lipinski definition) is 0. The highest BCUT2D eigenvalue weighted by molar-refractivity contribution is 5.36. The first kappa shape index (κ1) is 11.4. The van der Waals surface area contributed by atoms with Crippen LogP contribution in [0.4, 0.5) is 0 Å². The lowest BCUT2D eigenvalue weighted by Gasteiger charge is -2.08. The van der Waals surface area contributed by atoms with E-state index in [9.17, 15) is 4.79 Å². The molecule has 4 heteroatoms. The molecule has 0 atom stereocenters. The van der Waals surface area contributed by atoms with Gasteiger partial charge in [0.25, 0.3) is 6.47 Å². The first-order valence-corrected chi connectivity index (χ1v) is 4.05. The van der Waals surface area contributed by atoms with E-state index in [-0.39, 0.29) is 0 Å². The summed E-state index contributed by atoms with van der Waals surface area (Å²) in [7, 11) is 4.05. The van der Waals surface area contributed by atoms with Crippen molar-refractivity contribution in [1.82, 2.24) is 4.90 Å². The summed E-state index contributed by atoms with van der Waals surface area (Å²) in [4.78, 5) is 11.8. The molecule has 0 aliphatic rings. The van der Waals surface area contributed by atoms with Crippen molar-refractivity contribution in [3.63, 3.8) is 0 Å². The highest BCUT2D eigenvalue weighted by atomic mass is 16.5. The van der Waals surface area contributed by atoms with Gasteiger partial charge in [0.15, 0.2) is 0 Å². The van der Waals surface area contributed by atoms with E-state index in [1.165, 1.54) is 0 Å². The van der Waals surface area contributed by atoms with E-state index in [1.54, 1.807) is 0 Å². The van der Waals surface area contributed by atoms with Crippen LogP contribution in [-0.4, -0.2) is 51.8 Å². The van der Waals surface area contributed by atoms with Crippen LogP contribution >= 0.6 is 0 Å². The van der Waals surface area contributed by atoms with Crippen molar-refractivity contribution in [2.75, 3.05) is 40.5 Å². The number of carbonyl (C=O) groups is 1. The van der Waals surface area contributed by atoms with Crippen molar-refractivity contribution >= 4 is 6.47 Å². The summed E-state index contributed by atoms with van der Waals surface area (Å²) >= 11 is 0. The van der Waals surface area contributed by atoms with E-state index in [2.05, 4.69) is 9.64 Å². The van der Waals surface area contributed by atoms with Gasteiger partial charge in [0.1, 0.15) is 6.61 Å². The van der Waals surface area contributed by atoms with E-state index < -0.39 is 0 Å². The Labute approximate surface area is 73.4 Å². The molecular formula is C8H17NO3. The summed E-state index contributed by atoms with van der Waals surface area (Å²) in [5, 5.41) is 0. The van der Waals surface area contributed by atoms with Crippen molar-refractivity contribution in [3.8, 4) is 0 Å². The third kappa shape index (κ3) is 9.39. The minimum absolute atomic E-state index is 0.353. The molecule has 0 radical (unpaired) electrons. The molecule has 0 saturated carbocycles. The predicted molar refractivity (Wildman–Crippen MR) is 46.0 cm³/mol. The summed E-state index contributed by atoms with van der Waals surface area (Å²) in [5.74, 6) is 0. The highest BCUT2D eigenvalue weighted by Gasteiger charge is 1.91. The zero-order valence-electron chi connectivity index (χ0n) is 7.78. The van der Waals surface area contributed by atoms with Gasteiger partial charge in [-0.1, -0.05) is 0 Å². The molecule has 72 valence electrons. The number of hydrogen-bond acceptors (Lipinski definition) is 4. The SMILES string of the molecule is CN(C)CCCOCCOC=O. The Morgan fingerprint density at radius 2 is 2.00 bits per heavy atom. The van der Waals surface area contributed by atoms with E-state index in [1.807, 2.05) is 14.1 Å². The van der Waals surface area contributed by atoms with Gasteiger partial charge < -0.3 is 14.4 Å². The summed E-state index contributed by atoms with van der Waals surface area (Å²) in [5.41, 5.74) is 0. The third-order valence-electron chi connectivity index (χ3n) is 1.31. The maximum Gasteiger partial charge on any atom is 0.293 e. The summed E-state index contributed by atoms with van der Waals surface area (Å²) in [6, 6.07) is 0. The molecule has 0 unspecified atom stereocenters. The molecule has 12 heavy (non-hydrogen) atoms. The molecule has 4 nitrogen and oxygen atoms in total. The second kappa shape index (κ2) is 8.49. The van der Waals surface area contributed by atoms with Gasteiger partial charge in [-0.05, 0) is 27.1 Å². The lowest BCUT2D eigenvalue weighted by Crippen LogP contribution is -2.15. The van der Waals surface area contributed by atoms with Crippen LogP contribution in [0.2, 0.25) is 0 Å². The Balaban J connectivity index is 2.86. The number of nitrogens with zero attached hydrogens (tertiary/aromatic N) is 1. The van der Waals surface area contributed by atoms with Crippen LogP contribution in [0.1, 0.15) is 6.42 Å². The molecule has 0 saturated heterocycles. The Kier molecular flexibility index (Phi) is 8.05. The smallest absolute Gasteiger partial charge is 0.293 e. The van der Waals surface area contributed by atoms with Crippen molar-refractivity contribution in [2.45, 2.75) is 6.42 Å². The second-order valence-corrected chi connectivity index (χ2v) is 2.74. The zero-order valence-corrected chi connectivity index (χ0v) is 7.78. The van der Waals surface area contributed by atoms with Crippen LogP contribution in [0.15, 0.2) is 0 Å². The largest absolute Gasteiger partial charge is 0.465 e. The van der Waals surface area contributed by atoms with Crippen molar-refractivity contribution in [2.24, 2.45) is 0 Å². The van der Waals surface area contributed by atoms with Gasteiger partial charge in [0, 0.05) is 6.61 Å². The Morgan fingerprint density at radius 1 is 1.25 bits per heavy atom. The first-order chi connectivity index (χ1) is 5.77. The van der Waals surface area contributed by atoms with Crippen LogP contribution < -0.4 is 0 Å². The van der Waals surface area contributed by atoms with E-state index in [4.69, 9.17) is 4.74 Å². The quantitative estimate of drug-likeness (QED) is 0.388. The molecule has 0 amide bonds. The molecule has 0 N–H and O–H groups in total. The van der Waals surface area contributed by atoms with Gasteiger partial charge in [-0.15, -0.1) is 0 Å². The zero-order chi connectivity index (χ0) is 9.23. The van der Waals surface area contributed by atoms with Crippen LogP contribution in [0, 0.1) is 0 Å². The van der Waals surface area contributed by atoms with Crippen LogP contribution in [-0.2, 0) is 14.3 Å². The molecule has 0 aromatic heterocycles. The Hall–Kier alpha value is -0.610. The summed E-state index contributed by atoms with van der Waals surface area (Å²) in [6.45, 7) is 3.02. The predicted octanol–water partition coefficient (Wildman–Crippen LogP) is 0.128. The molecule has 0 bridgehead atoms. The average molecular weight is 175 g/mol. The normalized spacial score (nSPS) is 10.2. The number of ether oxygens (including phenoxy) is 2. The maximum atomic E-state index is 9.70. The van der Waals surface area contributed by atoms with Crippen molar-refractivity contribution in [3.05, 3.63) is 0 Å². The van der Waals surface area contributed by atoms with E-state index in [0.717, 1.165) is 19.6 Å². The molecule has 0 aromatic rings. The van der Waals surface area contributed by atoms with Crippen molar-refractivity contribution < 1.29 is 14.3 Å². The van der Waals surface area contributed by atoms with Crippen molar-refractivity contribution in [1.29, 1.82) is 0 Å². The molecular weight excluding hydrogens is 158 g/mol. The molecule has 0 rings (SSSR count). The van der Waals surface area contributed by atoms with E-state index >= 15 is 0 Å². The Morgan fingerprint density at radius 3 is 2.58 bits per heavy atom. The maximum absolute atomic E-state index is 9.70. The Bertz CT molecular complexity index is 106. The van der Waals surface area contributed by atoms with Gasteiger partial charge in [-0.2, -0.15) is 0 Å². The molecule has 0 aliphatic heterocycles. The number of rotatable bonds is 8. The van der Waals surface area contributed by atoms with Crippen LogP contribution in [0.25, 0.3) is 0 Å². The fourth-order valence-corrected chi connectivity index (χ4v) is 0.740. The standard InChI is InChI=1S/C8H17NO3/c1-9(2)4-3-5-11-6-7-12-8-10/h8H,3-7H2,1-2H3. The lowest BCUT2D eigenvalue weighted by atomic mass is 10.4. The van der Waals surface area contributed by atoms with Gasteiger partial charge in [0.05, 0.1) is 6.61 Å². The molecule has 0 heterocycles.